The number of halogens is 2. The molecule has 0 atom stereocenters. The Morgan fingerprint density at radius 3 is 1.82 bits per heavy atom. The van der Waals surface area contributed by atoms with Crippen molar-refractivity contribution in [3.8, 4) is 5.75 Å². The Labute approximate surface area is 199 Å². The van der Waals surface area contributed by atoms with Gasteiger partial charge in [0, 0.05) is 12.1 Å². The number of carbonyl (C=O) groups excluding carboxylic acids is 1. The molecule has 0 unspecified atom stereocenters. The van der Waals surface area contributed by atoms with Crippen LogP contribution in [0.25, 0.3) is 0 Å². The fraction of sp³-hybridized carbons (Fsp3) is 0.208. The van der Waals surface area contributed by atoms with Gasteiger partial charge in [0.25, 0.3) is 0 Å². The van der Waals surface area contributed by atoms with Gasteiger partial charge in [-0.25, -0.2) is 4.79 Å². The second-order valence-corrected chi connectivity index (χ2v) is 11.0. The Morgan fingerprint density at radius 2 is 1.38 bits per heavy atom. The first-order valence-corrected chi connectivity index (χ1v) is 12.7. The Balaban J connectivity index is 1.79. The van der Waals surface area contributed by atoms with Gasteiger partial charge in [-0.2, -0.15) is 17.2 Å². The second kappa shape index (κ2) is 10.5. The molecule has 0 bridgehead atoms. The Bertz CT molecular complexity index is 1190. The molecule has 6 nitrogen and oxygen atoms in total. The average molecular weight is 510 g/mol. The summed E-state index contributed by atoms with van der Waals surface area (Å²) in [7, 11) is -6.08. The zero-order chi connectivity index (χ0) is 24.9. The number of ether oxygens (including phenoxy) is 2. The molecular weight excluding hydrogens is 486 g/mol. The van der Waals surface area contributed by atoms with Gasteiger partial charge in [-0.05, 0) is 49.2 Å². The molecule has 0 aromatic heterocycles. The largest absolute Gasteiger partial charge is 0.481 e. The SMILES string of the molecule is Cc1cc([S+](c2ccccc2)c2ccccc2)cc(C)c1OCC(=O)OCC(F)(F)S(=O)(=O)O. The van der Waals surface area contributed by atoms with Crippen LogP contribution in [0, 0.1) is 13.8 Å². The third-order valence-electron chi connectivity index (χ3n) is 4.74. The molecule has 34 heavy (non-hydrogen) atoms. The molecule has 3 aromatic rings. The van der Waals surface area contributed by atoms with E-state index >= 15 is 0 Å². The van der Waals surface area contributed by atoms with Gasteiger partial charge >= 0.3 is 21.3 Å². The Morgan fingerprint density at radius 1 is 0.912 bits per heavy atom. The fourth-order valence-corrected chi connectivity index (χ4v) is 5.66. The van der Waals surface area contributed by atoms with Crippen LogP contribution < -0.4 is 4.74 Å². The average Bonchev–Trinajstić information content (AvgIpc) is 2.78. The molecular formula is C24H23F2O6S2+. The summed E-state index contributed by atoms with van der Waals surface area (Å²) in [6, 6.07) is 24.0. The molecule has 0 fully saturated rings. The van der Waals surface area contributed by atoms with E-state index in [4.69, 9.17) is 9.29 Å². The molecule has 0 radical (unpaired) electrons. The van der Waals surface area contributed by atoms with Crippen molar-refractivity contribution in [2.45, 2.75) is 33.8 Å². The van der Waals surface area contributed by atoms with Crippen LogP contribution in [0.15, 0.2) is 87.5 Å². The zero-order valence-electron chi connectivity index (χ0n) is 18.4. The van der Waals surface area contributed by atoms with E-state index in [-0.39, 0.29) is 10.9 Å². The number of benzene rings is 3. The van der Waals surface area contributed by atoms with E-state index in [2.05, 4.69) is 29.0 Å². The van der Waals surface area contributed by atoms with Crippen LogP contribution >= 0.6 is 0 Å². The van der Waals surface area contributed by atoms with Crippen LogP contribution in [0.5, 0.6) is 5.75 Å². The molecule has 0 amide bonds. The van der Waals surface area contributed by atoms with Crippen molar-refractivity contribution in [1.29, 1.82) is 0 Å². The molecule has 0 aliphatic rings. The normalized spacial score (nSPS) is 11.9. The van der Waals surface area contributed by atoms with Gasteiger partial charge in [0.2, 0.25) is 0 Å². The lowest BCUT2D eigenvalue weighted by Crippen LogP contribution is -2.35. The van der Waals surface area contributed by atoms with Crippen LogP contribution in [0.3, 0.4) is 0 Å². The zero-order valence-corrected chi connectivity index (χ0v) is 20.0. The molecule has 0 saturated heterocycles. The molecule has 0 spiro atoms. The first-order valence-electron chi connectivity index (χ1n) is 10.1. The molecule has 0 aliphatic carbocycles. The van der Waals surface area contributed by atoms with E-state index in [0.717, 1.165) is 25.8 Å². The highest BCUT2D eigenvalue weighted by atomic mass is 32.2. The van der Waals surface area contributed by atoms with E-state index in [1.165, 1.54) is 0 Å². The number of alkyl halides is 2. The van der Waals surface area contributed by atoms with Gasteiger partial charge in [0.1, 0.15) is 5.75 Å². The van der Waals surface area contributed by atoms with Crippen molar-refractivity contribution >= 4 is 27.0 Å². The minimum Gasteiger partial charge on any atom is -0.481 e. The van der Waals surface area contributed by atoms with Gasteiger partial charge in [-0.15, -0.1) is 0 Å². The molecule has 0 heterocycles. The number of hydrogen-bond donors (Lipinski definition) is 1. The van der Waals surface area contributed by atoms with Gasteiger partial charge in [-0.1, -0.05) is 36.4 Å². The van der Waals surface area contributed by atoms with Gasteiger partial charge in [-0.3, -0.25) is 4.55 Å². The van der Waals surface area contributed by atoms with Crippen molar-refractivity contribution in [3.63, 3.8) is 0 Å². The highest BCUT2D eigenvalue weighted by Crippen LogP contribution is 2.35. The van der Waals surface area contributed by atoms with Gasteiger partial charge < -0.3 is 9.47 Å². The predicted molar refractivity (Wildman–Crippen MR) is 124 cm³/mol. The Hall–Kier alpha value is -2.95. The third-order valence-corrected chi connectivity index (χ3v) is 7.81. The topological polar surface area (TPSA) is 89.9 Å². The molecule has 3 rings (SSSR count). The maximum Gasteiger partial charge on any atom is 0.402 e. The number of esters is 1. The summed E-state index contributed by atoms with van der Waals surface area (Å²) in [5.74, 6) is -0.800. The summed E-state index contributed by atoms with van der Waals surface area (Å²) < 4.78 is 65.9. The van der Waals surface area contributed by atoms with Crippen LogP contribution in [-0.4, -0.2) is 37.4 Å². The van der Waals surface area contributed by atoms with Crippen LogP contribution in [-0.2, 0) is 30.5 Å². The fourth-order valence-electron chi connectivity index (χ4n) is 3.19. The summed E-state index contributed by atoms with van der Waals surface area (Å²) in [6.07, 6.45) is 0. The van der Waals surface area contributed by atoms with Crippen molar-refractivity contribution in [2.75, 3.05) is 13.2 Å². The molecule has 0 saturated carbocycles. The Kier molecular flexibility index (Phi) is 7.96. The number of rotatable bonds is 9. The second-order valence-electron chi connectivity index (χ2n) is 7.38. The molecule has 0 aliphatic heterocycles. The highest BCUT2D eigenvalue weighted by Gasteiger charge is 2.45. The van der Waals surface area contributed by atoms with Crippen LogP contribution in [0.1, 0.15) is 11.1 Å². The summed E-state index contributed by atoms with van der Waals surface area (Å²) in [6.45, 7) is 1.11. The minimum atomic E-state index is -5.69. The van der Waals surface area contributed by atoms with E-state index in [1.54, 1.807) is 13.8 Å². The summed E-state index contributed by atoms with van der Waals surface area (Å²) in [5, 5.41) is -4.60. The first kappa shape index (κ1) is 25.7. The molecule has 10 heteroatoms. The maximum atomic E-state index is 13.2. The van der Waals surface area contributed by atoms with E-state index < -0.39 is 34.6 Å². The van der Waals surface area contributed by atoms with Gasteiger partial charge in [0.15, 0.2) is 27.9 Å². The molecule has 3 aromatic carbocycles. The predicted octanol–water partition coefficient (Wildman–Crippen LogP) is 4.80. The van der Waals surface area contributed by atoms with E-state index in [0.29, 0.717) is 5.75 Å². The lowest BCUT2D eigenvalue weighted by molar-refractivity contribution is -0.151. The lowest BCUT2D eigenvalue weighted by atomic mass is 10.1. The number of aryl methyl sites for hydroxylation is 2. The number of carbonyl (C=O) groups is 1. The molecule has 1 N–H and O–H groups in total. The van der Waals surface area contributed by atoms with Crippen molar-refractivity contribution in [3.05, 3.63) is 83.9 Å². The number of hydrogen-bond acceptors (Lipinski definition) is 5. The van der Waals surface area contributed by atoms with Crippen molar-refractivity contribution < 1.29 is 36.0 Å². The van der Waals surface area contributed by atoms with E-state index in [9.17, 15) is 22.0 Å². The third kappa shape index (κ3) is 6.13. The quantitative estimate of drug-likeness (QED) is 0.253. The van der Waals surface area contributed by atoms with Crippen LogP contribution in [0.2, 0.25) is 0 Å². The minimum absolute atomic E-state index is 0.389. The van der Waals surface area contributed by atoms with Crippen molar-refractivity contribution in [2.24, 2.45) is 0 Å². The highest BCUT2D eigenvalue weighted by molar-refractivity contribution is 7.97. The molecule has 180 valence electrons. The summed E-state index contributed by atoms with van der Waals surface area (Å²) >= 11 is 0. The first-order chi connectivity index (χ1) is 16.0. The van der Waals surface area contributed by atoms with E-state index in [1.807, 2.05) is 48.5 Å². The monoisotopic (exact) mass is 509 g/mol. The lowest BCUT2D eigenvalue weighted by Gasteiger charge is -2.16. The van der Waals surface area contributed by atoms with Gasteiger partial charge in [0.05, 0.1) is 10.9 Å². The summed E-state index contributed by atoms with van der Waals surface area (Å²) in [5.41, 5.74) is 1.46. The smallest absolute Gasteiger partial charge is 0.402 e. The van der Waals surface area contributed by atoms with Crippen molar-refractivity contribution in [1.82, 2.24) is 0 Å². The van der Waals surface area contributed by atoms with Crippen LogP contribution in [0.4, 0.5) is 8.78 Å². The standard InChI is InChI=1S/C24H22F2O6S2/c1-17-13-21(33(19-9-5-3-6-10-19)20-11-7-4-8-12-20)14-18(2)23(17)31-15-22(27)32-16-24(25,26)34(28,29)30/h3-14H,15-16H2,1-2H3/p+1. The maximum absolute atomic E-state index is 13.2. The summed E-state index contributed by atoms with van der Waals surface area (Å²) in [4.78, 5) is 15.1.